The van der Waals surface area contributed by atoms with E-state index in [0.717, 1.165) is 0 Å². The van der Waals surface area contributed by atoms with Crippen LogP contribution in [0.2, 0.25) is 0 Å². The highest BCUT2D eigenvalue weighted by Crippen LogP contribution is 2.22. The summed E-state index contributed by atoms with van der Waals surface area (Å²) in [5.74, 6) is 0.809. The van der Waals surface area contributed by atoms with Crippen LogP contribution in [0.3, 0.4) is 0 Å². The lowest BCUT2D eigenvalue weighted by Crippen LogP contribution is -2.42. The quantitative estimate of drug-likeness (QED) is 0.472. The third-order valence-corrected chi connectivity index (χ3v) is 4.57. The minimum Gasteiger partial charge on any atom is -0.347 e. The molecule has 0 aromatic heterocycles. The van der Waals surface area contributed by atoms with Gasteiger partial charge in [-0.15, -0.1) is 0 Å². The van der Waals surface area contributed by atoms with Gasteiger partial charge in [-0.05, 0) is 0 Å². The Morgan fingerprint density at radius 3 is 1.39 bits per heavy atom. The lowest BCUT2D eigenvalue weighted by molar-refractivity contribution is -0.130. The number of carbonyl (C=O) groups is 2. The van der Waals surface area contributed by atoms with Gasteiger partial charge in [0, 0.05) is 39.7 Å². The van der Waals surface area contributed by atoms with Crippen molar-refractivity contribution in [3.8, 4) is 0 Å². The van der Waals surface area contributed by atoms with E-state index in [1.165, 1.54) is 31.4 Å². The zero-order valence-corrected chi connectivity index (χ0v) is 12.9. The maximum Gasteiger partial charge on any atom is 0.239 e. The van der Waals surface area contributed by atoms with Crippen molar-refractivity contribution in [2.24, 2.45) is 11.5 Å². The Morgan fingerprint density at radius 1 is 0.889 bits per heavy atom. The molecule has 4 N–H and O–H groups in total. The third-order valence-electron chi connectivity index (χ3n) is 2.09. The molecule has 0 fully saturated rings. The molecule has 0 heterocycles. The summed E-state index contributed by atoms with van der Waals surface area (Å²) >= 11 is 0. The molecule has 0 saturated heterocycles. The van der Waals surface area contributed by atoms with Crippen molar-refractivity contribution < 1.29 is 9.59 Å². The van der Waals surface area contributed by atoms with Gasteiger partial charge in [-0.25, -0.2) is 0 Å². The van der Waals surface area contributed by atoms with Gasteiger partial charge in [0.05, 0.1) is 12.1 Å². The van der Waals surface area contributed by atoms with E-state index < -0.39 is 12.1 Å². The minimum absolute atomic E-state index is 0.100. The van der Waals surface area contributed by atoms with Gasteiger partial charge in [-0.2, -0.15) is 0 Å². The number of amides is 2. The monoisotopic (exact) mass is 294 g/mol. The second-order valence-corrected chi connectivity index (χ2v) is 6.80. The van der Waals surface area contributed by atoms with Crippen molar-refractivity contribution in [3.63, 3.8) is 0 Å². The van der Waals surface area contributed by atoms with Crippen LogP contribution in [0.1, 0.15) is 0 Å². The van der Waals surface area contributed by atoms with E-state index in [9.17, 15) is 9.59 Å². The molecule has 8 heteroatoms. The largest absolute Gasteiger partial charge is 0.347 e. The molecule has 0 aliphatic rings. The van der Waals surface area contributed by atoms with Gasteiger partial charge in [-0.1, -0.05) is 21.6 Å². The highest BCUT2D eigenvalue weighted by molar-refractivity contribution is 8.76. The predicted molar refractivity (Wildman–Crippen MR) is 78.3 cm³/mol. The van der Waals surface area contributed by atoms with Crippen LogP contribution in [0.4, 0.5) is 0 Å². The van der Waals surface area contributed by atoms with Crippen molar-refractivity contribution in [2.75, 3.05) is 39.7 Å². The second-order valence-electron chi connectivity index (χ2n) is 4.25. The molecule has 0 aromatic rings. The molecule has 2 atom stereocenters. The molecule has 106 valence electrons. The van der Waals surface area contributed by atoms with Crippen molar-refractivity contribution >= 4 is 33.4 Å². The molecule has 2 amide bonds. The van der Waals surface area contributed by atoms with Crippen LogP contribution in [0.25, 0.3) is 0 Å². The number of nitrogens with zero attached hydrogens (tertiary/aromatic N) is 2. The van der Waals surface area contributed by atoms with Crippen LogP contribution in [-0.4, -0.2) is 73.4 Å². The van der Waals surface area contributed by atoms with Crippen molar-refractivity contribution in [1.29, 1.82) is 0 Å². The maximum atomic E-state index is 11.5. The van der Waals surface area contributed by atoms with Gasteiger partial charge < -0.3 is 21.3 Å². The third kappa shape index (κ3) is 6.48. The summed E-state index contributed by atoms with van der Waals surface area (Å²) < 4.78 is 0. The van der Waals surface area contributed by atoms with Crippen LogP contribution in [0.15, 0.2) is 0 Å². The molecule has 0 aromatic carbocycles. The molecule has 0 rings (SSSR count). The fraction of sp³-hybridized carbons (Fsp3) is 0.800. The van der Waals surface area contributed by atoms with Gasteiger partial charge in [0.1, 0.15) is 0 Å². The fourth-order valence-electron chi connectivity index (χ4n) is 1.05. The number of nitrogens with two attached hydrogens (primary N) is 2. The van der Waals surface area contributed by atoms with E-state index in [2.05, 4.69) is 0 Å². The second kappa shape index (κ2) is 8.63. The number of carbonyl (C=O) groups excluding carboxylic acids is 2. The molecule has 0 spiro atoms. The fourth-order valence-corrected chi connectivity index (χ4v) is 3.28. The van der Waals surface area contributed by atoms with Gasteiger partial charge >= 0.3 is 0 Å². The molecular formula is C10H22N4O2S2. The Balaban J connectivity index is 3.80. The summed E-state index contributed by atoms with van der Waals surface area (Å²) in [5, 5.41) is 0. The number of likely N-dealkylation sites (N-methyl/N-ethyl adjacent to an activating group) is 2. The van der Waals surface area contributed by atoms with Crippen molar-refractivity contribution in [1.82, 2.24) is 9.80 Å². The van der Waals surface area contributed by atoms with Crippen LogP contribution in [0, 0.1) is 0 Å². The number of hydrogen-bond donors (Lipinski definition) is 2. The smallest absolute Gasteiger partial charge is 0.239 e. The first-order valence-electron chi connectivity index (χ1n) is 5.45. The van der Waals surface area contributed by atoms with E-state index in [4.69, 9.17) is 11.5 Å². The molecular weight excluding hydrogens is 272 g/mol. The van der Waals surface area contributed by atoms with Gasteiger partial charge in [0.25, 0.3) is 0 Å². The molecule has 0 aliphatic heterocycles. The van der Waals surface area contributed by atoms with Crippen LogP contribution < -0.4 is 11.5 Å². The molecule has 1 unspecified atom stereocenters. The lowest BCUT2D eigenvalue weighted by Gasteiger charge is -2.17. The summed E-state index contributed by atoms with van der Waals surface area (Å²) in [4.78, 5) is 25.9. The van der Waals surface area contributed by atoms with Gasteiger partial charge in [-0.3, -0.25) is 9.59 Å². The van der Waals surface area contributed by atoms with E-state index in [1.54, 1.807) is 28.2 Å². The highest BCUT2D eigenvalue weighted by atomic mass is 33.1. The molecule has 18 heavy (non-hydrogen) atoms. The van der Waals surface area contributed by atoms with Gasteiger partial charge in [0.15, 0.2) is 0 Å². The van der Waals surface area contributed by atoms with Crippen LogP contribution in [0.5, 0.6) is 0 Å². The van der Waals surface area contributed by atoms with Crippen LogP contribution in [-0.2, 0) is 9.59 Å². The van der Waals surface area contributed by atoms with E-state index >= 15 is 0 Å². The molecule has 6 nitrogen and oxygen atoms in total. The first kappa shape index (κ1) is 17.6. The Kier molecular flexibility index (Phi) is 8.41. The summed E-state index contributed by atoms with van der Waals surface area (Å²) in [7, 11) is 9.61. The Morgan fingerprint density at radius 2 is 1.17 bits per heavy atom. The first-order valence-corrected chi connectivity index (χ1v) is 7.94. The Labute approximate surface area is 116 Å². The summed E-state index contributed by atoms with van der Waals surface area (Å²) in [6.45, 7) is 0. The van der Waals surface area contributed by atoms with Gasteiger partial charge in [0.2, 0.25) is 11.8 Å². The normalized spacial score (nSPS) is 13.9. The van der Waals surface area contributed by atoms with Crippen molar-refractivity contribution in [3.05, 3.63) is 0 Å². The number of hydrogen-bond acceptors (Lipinski definition) is 6. The minimum atomic E-state index is -0.515. The zero-order chi connectivity index (χ0) is 14.3. The Hall–Kier alpha value is -0.440. The molecule has 0 radical (unpaired) electrons. The van der Waals surface area contributed by atoms with E-state index in [0.29, 0.717) is 11.5 Å². The van der Waals surface area contributed by atoms with E-state index in [-0.39, 0.29) is 11.8 Å². The average molecular weight is 294 g/mol. The summed E-state index contributed by atoms with van der Waals surface area (Å²) in [6.07, 6.45) is 0. The molecule has 0 saturated carbocycles. The zero-order valence-electron chi connectivity index (χ0n) is 11.3. The summed E-state index contributed by atoms with van der Waals surface area (Å²) in [5.41, 5.74) is 11.4. The lowest BCUT2D eigenvalue weighted by atomic mass is 10.3. The Bertz CT molecular complexity index is 259. The first-order chi connectivity index (χ1) is 8.27. The highest BCUT2D eigenvalue weighted by Gasteiger charge is 2.18. The van der Waals surface area contributed by atoms with E-state index in [1.807, 2.05) is 0 Å². The number of rotatable bonds is 7. The van der Waals surface area contributed by atoms with Crippen LogP contribution >= 0.6 is 21.6 Å². The molecule has 0 aliphatic carbocycles. The standard InChI is InChI=1S/C10H22N4O2S2/c1-13(2)9(15)7(11)5-17-18-6-8(12)10(16)14(3)4/h7-8H,5-6,11-12H2,1-4H3/t7-,8?/m0/s1. The summed E-state index contributed by atoms with van der Waals surface area (Å²) in [6, 6.07) is -1.03. The maximum absolute atomic E-state index is 11.5. The predicted octanol–water partition coefficient (Wildman–Crippen LogP) is -0.801. The van der Waals surface area contributed by atoms with Crippen molar-refractivity contribution in [2.45, 2.75) is 12.1 Å². The topological polar surface area (TPSA) is 92.7 Å². The average Bonchev–Trinajstić information content (AvgIpc) is 2.31. The SMILES string of the molecule is CN(C)C(=O)C(N)CSSC[C@H](N)C(=O)N(C)C. The molecule has 0 bridgehead atoms.